The maximum absolute atomic E-state index is 5.47. The lowest BCUT2D eigenvalue weighted by atomic mass is 10.1. The van der Waals surface area contributed by atoms with Gasteiger partial charge in [-0.15, -0.1) is 0 Å². The molecule has 84 valence electrons. The van der Waals surface area contributed by atoms with E-state index in [2.05, 4.69) is 35.6 Å². The minimum atomic E-state index is 0.325. The van der Waals surface area contributed by atoms with Crippen molar-refractivity contribution < 1.29 is 9.20 Å². The highest BCUT2D eigenvalue weighted by molar-refractivity contribution is 5.82. The molecule has 0 aliphatic heterocycles. The Morgan fingerprint density at radius 3 is 2.71 bits per heavy atom. The first-order valence-corrected chi connectivity index (χ1v) is 5.41. The monoisotopic (exact) mass is 226 g/mol. The molecule has 3 rings (SSSR count). The van der Waals surface area contributed by atoms with Gasteiger partial charge in [0.1, 0.15) is 0 Å². The molecule has 0 unspecified atom stereocenters. The summed E-state index contributed by atoms with van der Waals surface area (Å²) >= 11 is 0. The van der Waals surface area contributed by atoms with Gasteiger partial charge in [0, 0.05) is 5.56 Å². The highest BCUT2D eigenvalue weighted by Crippen LogP contribution is 2.15. The Morgan fingerprint density at radius 1 is 1.12 bits per heavy atom. The van der Waals surface area contributed by atoms with E-state index in [4.69, 9.17) is 10.3 Å². The fourth-order valence-electron chi connectivity index (χ4n) is 1.89. The highest BCUT2D eigenvalue weighted by Gasteiger charge is 2.09. The topological polar surface area (TPSA) is 55.9 Å². The summed E-state index contributed by atoms with van der Waals surface area (Å²) in [7, 11) is 0. The molecular weight excluding hydrogens is 214 g/mol. The van der Waals surface area contributed by atoms with Crippen LogP contribution in [0.15, 0.2) is 53.2 Å². The van der Waals surface area contributed by atoms with Crippen LogP contribution in [0.2, 0.25) is 0 Å². The third kappa shape index (κ3) is 1.97. The predicted molar refractivity (Wildman–Crippen MR) is 64.2 cm³/mol. The Hall–Kier alpha value is -2.36. The molecule has 0 radical (unpaired) electrons. The van der Waals surface area contributed by atoms with Crippen molar-refractivity contribution in [2.75, 3.05) is 5.73 Å². The second kappa shape index (κ2) is 3.90. The number of aromatic nitrogens is 2. The number of hydrogen-bond acceptors (Lipinski definition) is 3. The van der Waals surface area contributed by atoms with Crippen LogP contribution in [-0.2, 0) is 6.54 Å². The lowest BCUT2D eigenvalue weighted by Gasteiger charge is -1.98. The molecule has 4 nitrogen and oxygen atoms in total. The minimum Gasteiger partial charge on any atom is -0.362 e. The van der Waals surface area contributed by atoms with Crippen molar-refractivity contribution in [1.29, 1.82) is 0 Å². The summed E-state index contributed by atoms with van der Waals surface area (Å²) in [5.41, 5.74) is 6.64. The van der Waals surface area contributed by atoms with Gasteiger partial charge in [0.25, 0.3) is 12.1 Å². The van der Waals surface area contributed by atoms with Crippen LogP contribution in [0.3, 0.4) is 0 Å². The molecule has 3 aromatic rings. The molecule has 4 heteroatoms. The molecule has 0 aliphatic carbocycles. The minimum absolute atomic E-state index is 0.325. The van der Waals surface area contributed by atoms with E-state index in [0.717, 1.165) is 0 Å². The van der Waals surface area contributed by atoms with Gasteiger partial charge in [-0.25, -0.2) is 0 Å². The molecule has 0 saturated heterocycles. The molecule has 17 heavy (non-hydrogen) atoms. The molecule has 0 atom stereocenters. The summed E-state index contributed by atoms with van der Waals surface area (Å²) in [6.07, 6.45) is 1.68. The summed E-state index contributed by atoms with van der Waals surface area (Å²) in [6.45, 7) is 0.658. The smallest absolute Gasteiger partial charge is 0.293 e. The van der Waals surface area contributed by atoms with Crippen molar-refractivity contribution in [3.8, 4) is 0 Å². The maximum Gasteiger partial charge on any atom is 0.293 e. The van der Waals surface area contributed by atoms with Gasteiger partial charge >= 0.3 is 0 Å². The van der Waals surface area contributed by atoms with Crippen LogP contribution in [0.5, 0.6) is 0 Å². The Morgan fingerprint density at radius 2 is 1.94 bits per heavy atom. The van der Waals surface area contributed by atoms with Gasteiger partial charge in [-0.05, 0) is 21.5 Å². The first-order valence-electron chi connectivity index (χ1n) is 5.41. The Bertz CT molecular complexity index is 660. The third-order valence-corrected chi connectivity index (χ3v) is 2.69. The molecule has 0 spiro atoms. The van der Waals surface area contributed by atoms with Gasteiger partial charge in [0.2, 0.25) is 11.8 Å². The van der Waals surface area contributed by atoms with Crippen molar-refractivity contribution in [2.45, 2.75) is 6.54 Å². The quantitative estimate of drug-likeness (QED) is 0.677. The number of nitrogen functional groups attached to an aromatic ring is 1. The van der Waals surface area contributed by atoms with Gasteiger partial charge in [-0.2, -0.15) is 0 Å². The fourth-order valence-corrected chi connectivity index (χ4v) is 1.89. The molecule has 0 amide bonds. The number of fused-ring (bicyclic) bond motifs is 1. The van der Waals surface area contributed by atoms with Crippen molar-refractivity contribution >= 4 is 16.7 Å². The van der Waals surface area contributed by atoms with Crippen molar-refractivity contribution in [3.63, 3.8) is 0 Å². The Balaban J connectivity index is 1.95. The van der Waals surface area contributed by atoms with Crippen molar-refractivity contribution in [1.82, 2.24) is 5.27 Å². The van der Waals surface area contributed by atoms with Crippen LogP contribution in [0.1, 0.15) is 5.56 Å². The van der Waals surface area contributed by atoms with E-state index >= 15 is 0 Å². The molecule has 0 fully saturated rings. The van der Waals surface area contributed by atoms with Gasteiger partial charge < -0.3 is 5.73 Å². The molecule has 2 aromatic carbocycles. The van der Waals surface area contributed by atoms with Gasteiger partial charge in [0.05, 0.1) is 0 Å². The SMILES string of the molecule is Nc1c[n+](Cc2ccc3ccccc3c2)no1. The average molecular weight is 226 g/mol. The van der Waals surface area contributed by atoms with Crippen LogP contribution in [0, 0.1) is 0 Å². The Labute approximate surface area is 98.2 Å². The van der Waals surface area contributed by atoms with Gasteiger partial charge in [-0.1, -0.05) is 36.4 Å². The summed E-state index contributed by atoms with van der Waals surface area (Å²) in [5, 5.41) is 6.27. The second-order valence-electron chi connectivity index (χ2n) is 3.98. The van der Waals surface area contributed by atoms with E-state index in [1.54, 1.807) is 10.9 Å². The Kier molecular flexibility index (Phi) is 2.26. The zero-order valence-electron chi connectivity index (χ0n) is 9.21. The largest absolute Gasteiger partial charge is 0.362 e. The standard InChI is InChI=1S/C13H12N3O/c14-13-9-16(15-17-13)8-10-5-6-11-3-1-2-4-12(11)7-10/h1-7,9H,8,14H2/q+1. The maximum atomic E-state index is 5.47. The van der Waals surface area contributed by atoms with Crippen LogP contribution < -0.4 is 10.4 Å². The lowest BCUT2D eigenvalue weighted by Crippen LogP contribution is -2.35. The summed E-state index contributed by atoms with van der Waals surface area (Å²) in [5.74, 6) is 0.325. The van der Waals surface area contributed by atoms with E-state index in [9.17, 15) is 0 Å². The van der Waals surface area contributed by atoms with Gasteiger partial charge in [-0.3, -0.25) is 4.52 Å². The third-order valence-electron chi connectivity index (χ3n) is 2.69. The van der Waals surface area contributed by atoms with E-state index in [1.807, 2.05) is 12.1 Å². The first-order chi connectivity index (χ1) is 8.31. The molecular formula is C13H12N3O+. The van der Waals surface area contributed by atoms with E-state index in [1.165, 1.54) is 16.3 Å². The normalized spacial score (nSPS) is 10.8. The second-order valence-corrected chi connectivity index (χ2v) is 3.98. The molecule has 1 aromatic heterocycles. The number of hydrogen-bond donors (Lipinski definition) is 1. The molecule has 0 aliphatic rings. The first kappa shape index (κ1) is 9.84. The fraction of sp³-hybridized carbons (Fsp3) is 0.0769. The van der Waals surface area contributed by atoms with Crippen LogP contribution in [0.4, 0.5) is 5.88 Å². The van der Waals surface area contributed by atoms with Crippen LogP contribution >= 0.6 is 0 Å². The summed E-state index contributed by atoms with van der Waals surface area (Å²) in [6, 6.07) is 14.6. The number of nitrogens with two attached hydrogens (primary N) is 1. The predicted octanol–water partition coefficient (Wildman–Crippen LogP) is 1.75. The summed E-state index contributed by atoms with van der Waals surface area (Å²) in [4.78, 5) is 0. The lowest BCUT2D eigenvalue weighted by molar-refractivity contribution is -0.754. The zero-order chi connectivity index (χ0) is 11.7. The summed E-state index contributed by atoms with van der Waals surface area (Å²) < 4.78 is 6.49. The van der Waals surface area contributed by atoms with Gasteiger partial charge in [0.15, 0.2) is 0 Å². The van der Waals surface area contributed by atoms with Crippen LogP contribution in [0.25, 0.3) is 10.8 Å². The molecule has 1 heterocycles. The number of rotatable bonds is 2. The van der Waals surface area contributed by atoms with E-state index < -0.39 is 0 Å². The zero-order valence-corrected chi connectivity index (χ0v) is 9.21. The molecule has 0 saturated carbocycles. The van der Waals surface area contributed by atoms with E-state index in [-0.39, 0.29) is 0 Å². The number of anilines is 1. The molecule has 0 bridgehead atoms. The van der Waals surface area contributed by atoms with Crippen LogP contribution in [-0.4, -0.2) is 5.27 Å². The number of nitrogens with zero attached hydrogens (tertiary/aromatic N) is 2. The number of benzene rings is 2. The van der Waals surface area contributed by atoms with Crippen molar-refractivity contribution in [3.05, 3.63) is 54.2 Å². The van der Waals surface area contributed by atoms with E-state index in [0.29, 0.717) is 12.4 Å². The van der Waals surface area contributed by atoms with Crippen molar-refractivity contribution in [2.24, 2.45) is 0 Å². The molecule has 2 N–H and O–H groups in total. The average Bonchev–Trinajstić information content (AvgIpc) is 2.75. The highest BCUT2D eigenvalue weighted by atomic mass is 16.5.